The quantitative estimate of drug-likeness (QED) is 0.424. The molecule has 1 unspecified atom stereocenters. The number of allylic oxidation sites excluding steroid dienone is 1. The number of amides is 1. The minimum atomic E-state index is -1.97. The highest BCUT2D eigenvalue weighted by Gasteiger charge is 2.40. The monoisotopic (exact) mass is 297 g/mol. The summed E-state index contributed by atoms with van der Waals surface area (Å²) in [5, 5.41) is 2.62. The van der Waals surface area contributed by atoms with Gasteiger partial charge in [-0.15, -0.1) is 4.91 Å². The predicted octanol–water partition coefficient (Wildman–Crippen LogP) is 4.56. The summed E-state index contributed by atoms with van der Waals surface area (Å²) in [6.07, 6.45) is 6.32. The normalized spacial score (nSPS) is 18.4. The summed E-state index contributed by atoms with van der Waals surface area (Å²) in [4.78, 5) is 21.9. The molecule has 0 spiro atoms. The molecule has 0 aliphatic heterocycles. The van der Waals surface area contributed by atoms with Crippen LogP contribution in [0, 0.1) is 4.91 Å². The Bertz CT molecular complexity index is 396. The highest BCUT2D eigenvalue weighted by atomic mass is 28.4. The minimum absolute atomic E-state index is 0.0815. The highest BCUT2D eigenvalue weighted by Crippen LogP contribution is 2.39. The molecule has 0 aromatic carbocycles. The van der Waals surface area contributed by atoms with E-state index in [0.29, 0.717) is 0 Å². The first kappa shape index (κ1) is 17.2. The first-order valence-electron chi connectivity index (χ1n) is 7.40. The molecule has 114 valence electrons. The third-order valence-electron chi connectivity index (χ3n) is 4.44. The maximum absolute atomic E-state index is 11.4. The van der Waals surface area contributed by atoms with Crippen LogP contribution in [0.3, 0.4) is 0 Å². The van der Waals surface area contributed by atoms with Crippen molar-refractivity contribution in [2.75, 3.05) is 0 Å². The summed E-state index contributed by atoms with van der Waals surface area (Å²) in [6.45, 7) is 10.9. The maximum Gasteiger partial charge on any atom is 0.289 e. The molecule has 0 N–H and O–H groups in total. The Morgan fingerprint density at radius 1 is 1.40 bits per heavy atom. The van der Waals surface area contributed by atoms with E-state index in [1.807, 2.05) is 0 Å². The van der Waals surface area contributed by atoms with Crippen LogP contribution in [0.25, 0.3) is 0 Å². The molecule has 0 aromatic rings. The van der Waals surface area contributed by atoms with E-state index in [9.17, 15) is 9.70 Å². The van der Waals surface area contributed by atoms with E-state index in [-0.39, 0.29) is 17.6 Å². The van der Waals surface area contributed by atoms with Gasteiger partial charge in [0.05, 0.1) is 12.5 Å². The van der Waals surface area contributed by atoms with E-state index >= 15 is 0 Å². The molecule has 0 heterocycles. The molecule has 1 rings (SSSR count). The van der Waals surface area contributed by atoms with Crippen LogP contribution in [-0.2, 0) is 9.22 Å². The zero-order chi connectivity index (χ0) is 15.4. The second-order valence-electron chi connectivity index (χ2n) is 7.08. The van der Waals surface area contributed by atoms with Crippen LogP contribution in [0.2, 0.25) is 18.1 Å². The number of rotatable bonds is 5. The Kier molecular flexibility index (Phi) is 5.83. The first-order valence-corrected chi connectivity index (χ1v) is 10.3. The first-order chi connectivity index (χ1) is 9.17. The molecule has 0 fully saturated rings. The van der Waals surface area contributed by atoms with Gasteiger partial charge in [0.2, 0.25) is 0 Å². The van der Waals surface area contributed by atoms with Crippen LogP contribution in [0.1, 0.15) is 52.9 Å². The van der Waals surface area contributed by atoms with Crippen LogP contribution in [0.5, 0.6) is 0 Å². The lowest BCUT2D eigenvalue weighted by molar-refractivity contribution is -0.119. The fourth-order valence-corrected chi connectivity index (χ4v) is 3.43. The van der Waals surface area contributed by atoms with Crippen LogP contribution >= 0.6 is 0 Å². The van der Waals surface area contributed by atoms with Crippen molar-refractivity contribution in [2.45, 2.75) is 77.1 Å². The van der Waals surface area contributed by atoms with Crippen molar-refractivity contribution in [1.82, 2.24) is 0 Å². The summed E-state index contributed by atoms with van der Waals surface area (Å²) in [5.74, 6) is -0.611. The lowest BCUT2D eigenvalue weighted by Gasteiger charge is -2.40. The van der Waals surface area contributed by atoms with Crippen LogP contribution < -0.4 is 0 Å². The second-order valence-corrected chi connectivity index (χ2v) is 11.8. The summed E-state index contributed by atoms with van der Waals surface area (Å²) < 4.78 is 6.37. The Morgan fingerprint density at radius 3 is 2.50 bits per heavy atom. The molecule has 20 heavy (non-hydrogen) atoms. The van der Waals surface area contributed by atoms with Gasteiger partial charge in [0.1, 0.15) is 0 Å². The fraction of sp³-hybridized carbons (Fsp3) is 0.800. The molecule has 5 heteroatoms. The molecule has 0 saturated carbocycles. The molecular weight excluding hydrogens is 270 g/mol. The molecule has 0 bridgehead atoms. The summed E-state index contributed by atoms with van der Waals surface area (Å²) in [7, 11) is -1.97. The number of hydrogen-bond donors (Lipinski definition) is 0. The van der Waals surface area contributed by atoms with Gasteiger partial charge in [-0.3, -0.25) is 4.79 Å². The molecule has 1 aliphatic rings. The minimum Gasteiger partial charge on any atom is -0.410 e. The van der Waals surface area contributed by atoms with Crippen molar-refractivity contribution in [3.8, 4) is 0 Å². The van der Waals surface area contributed by atoms with Crippen molar-refractivity contribution in [2.24, 2.45) is 5.18 Å². The smallest absolute Gasteiger partial charge is 0.289 e. The Labute approximate surface area is 123 Å². The summed E-state index contributed by atoms with van der Waals surface area (Å²) in [5.41, 5.74) is 1.18. The number of carbonyl (C=O) groups is 1. The lowest BCUT2D eigenvalue weighted by atomic mass is 9.94. The molecule has 1 amide bonds. The molecule has 0 saturated heterocycles. The van der Waals surface area contributed by atoms with Gasteiger partial charge < -0.3 is 4.43 Å². The Morgan fingerprint density at radius 2 is 2.05 bits per heavy atom. The number of nitroso groups, excluding NO2 is 1. The largest absolute Gasteiger partial charge is 0.410 e. The Balaban J connectivity index is 2.90. The van der Waals surface area contributed by atoms with Crippen molar-refractivity contribution in [1.29, 1.82) is 0 Å². The lowest BCUT2D eigenvalue weighted by Crippen LogP contribution is -2.45. The second kappa shape index (κ2) is 6.76. The van der Waals surface area contributed by atoms with Crippen molar-refractivity contribution in [3.63, 3.8) is 0 Å². The number of hydrogen-bond acceptors (Lipinski definition) is 3. The predicted molar refractivity (Wildman–Crippen MR) is 84.0 cm³/mol. The molecule has 0 aromatic heterocycles. The van der Waals surface area contributed by atoms with Gasteiger partial charge in [0, 0.05) is 5.18 Å². The van der Waals surface area contributed by atoms with Gasteiger partial charge in [-0.2, -0.15) is 0 Å². The molecule has 0 radical (unpaired) electrons. The Hall–Kier alpha value is -0.813. The number of nitrogens with zero attached hydrogens (tertiary/aromatic N) is 1. The van der Waals surface area contributed by atoms with Crippen LogP contribution in [0.15, 0.2) is 16.8 Å². The van der Waals surface area contributed by atoms with Gasteiger partial charge in [-0.05, 0) is 49.4 Å². The number of carbonyl (C=O) groups excluding carboxylic acids is 1. The van der Waals surface area contributed by atoms with E-state index in [1.54, 1.807) is 0 Å². The average molecular weight is 297 g/mol. The van der Waals surface area contributed by atoms with Gasteiger partial charge in [-0.1, -0.05) is 26.8 Å². The topological polar surface area (TPSA) is 55.7 Å². The highest BCUT2D eigenvalue weighted by molar-refractivity contribution is 6.74. The molecular formula is C15H27NO3Si. The third-order valence-corrected chi connectivity index (χ3v) is 8.93. The van der Waals surface area contributed by atoms with E-state index in [2.05, 4.69) is 45.1 Å². The average Bonchev–Trinajstić information content (AvgIpc) is 2.37. The van der Waals surface area contributed by atoms with E-state index in [0.717, 1.165) is 19.3 Å². The van der Waals surface area contributed by atoms with Crippen molar-refractivity contribution in [3.05, 3.63) is 16.6 Å². The van der Waals surface area contributed by atoms with Crippen LogP contribution in [0.4, 0.5) is 0 Å². The van der Waals surface area contributed by atoms with Gasteiger partial charge in [0.25, 0.3) is 5.91 Å². The summed E-state index contributed by atoms with van der Waals surface area (Å²) >= 11 is 0. The summed E-state index contributed by atoms with van der Waals surface area (Å²) in [6, 6.07) is 0. The van der Waals surface area contributed by atoms with Crippen LogP contribution in [-0.4, -0.2) is 20.3 Å². The van der Waals surface area contributed by atoms with Crippen molar-refractivity contribution < 1.29 is 9.22 Å². The molecule has 1 aliphatic carbocycles. The van der Waals surface area contributed by atoms with E-state index in [4.69, 9.17) is 4.43 Å². The zero-order valence-corrected chi connectivity index (χ0v) is 14.4. The maximum atomic E-state index is 11.4. The van der Waals surface area contributed by atoms with Gasteiger partial charge in [0.15, 0.2) is 8.32 Å². The van der Waals surface area contributed by atoms with Gasteiger partial charge in [-0.25, -0.2) is 0 Å². The third kappa shape index (κ3) is 4.63. The van der Waals surface area contributed by atoms with Gasteiger partial charge >= 0.3 is 0 Å². The van der Waals surface area contributed by atoms with Crippen molar-refractivity contribution >= 4 is 14.2 Å². The zero-order valence-electron chi connectivity index (χ0n) is 13.4. The standard InChI is InChI=1S/C15H27NO3Si/c1-15(2,3)20(4,5)19-13(11-14(17)16-18)12-9-7-6-8-10-12/h9,13H,6-8,10-11H2,1-5H3. The molecule has 4 nitrogen and oxygen atoms in total. The van der Waals surface area contributed by atoms with E-state index in [1.165, 1.54) is 12.0 Å². The van der Waals surface area contributed by atoms with E-state index < -0.39 is 14.2 Å². The molecule has 1 atom stereocenters. The fourth-order valence-electron chi connectivity index (χ4n) is 2.13. The SMILES string of the molecule is CC(C)(C)[Si](C)(C)OC(CC(=O)N=O)C1=CCCCC1.